The molecule has 0 aliphatic carbocycles. The Morgan fingerprint density at radius 1 is 0.929 bits per heavy atom. The van der Waals surface area contributed by atoms with Crippen LogP contribution in [0.2, 0.25) is 5.02 Å². The molecule has 0 radical (unpaired) electrons. The zero-order valence-corrected chi connectivity index (χ0v) is 26.1. The summed E-state index contributed by atoms with van der Waals surface area (Å²) >= 11 is 6.29. The Bertz CT molecular complexity index is 1450. The van der Waals surface area contributed by atoms with Crippen molar-refractivity contribution in [3.8, 4) is 11.5 Å². The summed E-state index contributed by atoms with van der Waals surface area (Å²) in [5, 5.41) is 3.23. The highest BCUT2D eigenvalue weighted by Gasteiger charge is 2.35. The Kier molecular flexibility index (Phi) is 11.6. The van der Waals surface area contributed by atoms with Crippen LogP contribution in [0, 0.1) is 0 Å². The van der Waals surface area contributed by atoms with Crippen molar-refractivity contribution < 1.29 is 27.5 Å². The van der Waals surface area contributed by atoms with Gasteiger partial charge in [0.2, 0.25) is 11.8 Å². The monoisotopic (exact) mass is 615 g/mol. The number of anilines is 1. The van der Waals surface area contributed by atoms with Gasteiger partial charge in [0.25, 0.3) is 10.0 Å². The number of nitrogens with one attached hydrogen (secondary N) is 1. The summed E-state index contributed by atoms with van der Waals surface area (Å²) in [6.45, 7) is 5.13. The van der Waals surface area contributed by atoms with Gasteiger partial charge in [-0.25, -0.2) is 8.42 Å². The molecule has 0 spiro atoms. The molecule has 3 aromatic rings. The van der Waals surface area contributed by atoms with E-state index < -0.39 is 28.5 Å². The summed E-state index contributed by atoms with van der Waals surface area (Å²) < 4.78 is 39.7. The van der Waals surface area contributed by atoms with E-state index in [1.165, 1.54) is 30.2 Å². The minimum Gasteiger partial charge on any atom is -0.497 e. The first kappa shape index (κ1) is 32.8. The predicted molar refractivity (Wildman–Crippen MR) is 164 cm³/mol. The molecule has 3 aromatic carbocycles. The maximum atomic E-state index is 14.2. The van der Waals surface area contributed by atoms with Crippen LogP contribution in [0.15, 0.2) is 77.7 Å². The van der Waals surface area contributed by atoms with Crippen LogP contribution < -0.4 is 19.1 Å². The zero-order valence-electron chi connectivity index (χ0n) is 24.5. The molecule has 3 rings (SSSR count). The number of rotatable bonds is 14. The summed E-state index contributed by atoms with van der Waals surface area (Å²) in [6, 6.07) is 18.5. The Labute approximate surface area is 253 Å². The number of ether oxygens (including phenoxy) is 2. The van der Waals surface area contributed by atoms with E-state index in [9.17, 15) is 18.0 Å². The van der Waals surface area contributed by atoms with Gasteiger partial charge < -0.3 is 19.7 Å². The summed E-state index contributed by atoms with van der Waals surface area (Å²) in [6.07, 6.45) is 1.03. The van der Waals surface area contributed by atoms with Crippen LogP contribution in [-0.4, -0.2) is 58.0 Å². The van der Waals surface area contributed by atoms with E-state index in [1.807, 2.05) is 20.8 Å². The van der Waals surface area contributed by atoms with Crippen LogP contribution in [-0.2, 0) is 26.2 Å². The molecule has 9 nitrogen and oxygen atoms in total. The first-order valence-corrected chi connectivity index (χ1v) is 15.5. The molecule has 42 heavy (non-hydrogen) atoms. The van der Waals surface area contributed by atoms with Gasteiger partial charge in [-0.15, -0.1) is 0 Å². The normalized spacial score (nSPS) is 12.6. The number of hydrogen-bond donors (Lipinski definition) is 1. The second-order valence-electron chi connectivity index (χ2n) is 9.75. The lowest BCUT2D eigenvalue weighted by Crippen LogP contribution is -2.53. The Balaban J connectivity index is 2.11. The van der Waals surface area contributed by atoms with Gasteiger partial charge in [-0.3, -0.25) is 13.9 Å². The van der Waals surface area contributed by atoms with Crippen molar-refractivity contribution in [3.05, 3.63) is 83.4 Å². The average molecular weight is 616 g/mol. The predicted octanol–water partition coefficient (Wildman–Crippen LogP) is 5.27. The van der Waals surface area contributed by atoms with Crippen molar-refractivity contribution in [2.75, 3.05) is 25.1 Å². The lowest BCUT2D eigenvalue weighted by molar-refractivity contribution is -0.140. The molecular weight excluding hydrogens is 578 g/mol. The highest BCUT2D eigenvalue weighted by molar-refractivity contribution is 7.92. The van der Waals surface area contributed by atoms with Gasteiger partial charge in [-0.05, 0) is 67.8 Å². The quantitative estimate of drug-likeness (QED) is 0.265. The molecule has 1 N–H and O–H groups in total. The molecule has 0 saturated carbocycles. The Morgan fingerprint density at radius 3 is 2.17 bits per heavy atom. The first-order chi connectivity index (χ1) is 20.0. The van der Waals surface area contributed by atoms with Crippen molar-refractivity contribution in [2.45, 2.75) is 57.1 Å². The van der Waals surface area contributed by atoms with Gasteiger partial charge in [0, 0.05) is 17.6 Å². The standard InChI is InChI=1S/C31H38ClN3O6S/c1-6-22(3)33-31(37)27(7-2)34(20-23-13-16-25(40-4)17-14-23)30(36)21-35(28-19-24(32)15-18-29(28)41-5)42(38,39)26-11-9-8-10-12-26/h8-19,22,27H,6-7,20-21H2,1-5H3,(H,33,37)/t22-,27+/m1/s1. The molecule has 0 bridgehead atoms. The minimum atomic E-state index is -4.26. The molecule has 2 amide bonds. The van der Waals surface area contributed by atoms with Gasteiger partial charge in [0.05, 0.1) is 24.8 Å². The number of benzene rings is 3. The SMILES string of the molecule is CC[C@@H](C)NC(=O)[C@H](CC)N(Cc1ccc(OC)cc1)C(=O)CN(c1cc(Cl)ccc1OC)S(=O)(=O)c1ccccc1. The van der Waals surface area contributed by atoms with E-state index in [2.05, 4.69) is 5.32 Å². The molecule has 0 aliphatic rings. The van der Waals surface area contributed by atoms with Crippen LogP contribution in [0.25, 0.3) is 0 Å². The first-order valence-electron chi connectivity index (χ1n) is 13.7. The van der Waals surface area contributed by atoms with Crippen LogP contribution >= 0.6 is 11.6 Å². The van der Waals surface area contributed by atoms with Gasteiger partial charge in [-0.1, -0.05) is 55.8 Å². The fourth-order valence-electron chi connectivity index (χ4n) is 4.38. The van der Waals surface area contributed by atoms with Gasteiger partial charge in [-0.2, -0.15) is 0 Å². The fraction of sp³-hybridized carbons (Fsp3) is 0.355. The fourth-order valence-corrected chi connectivity index (χ4v) is 5.98. The number of methoxy groups -OCH3 is 2. The number of hydrogen-bond acceptors (Lipinski definition) is 6. The number of carbonyl (C=O) groups excluding carboxylic acids is 2. The minimum absolute atomic E-state index is 0.0110. The van der Waals surface area contributed by atoms with E-state index in [-0.39, 0.29) is 39.8 Å². The topological polar surface area (TPSA) is 105 Å². The number of amides is 2. The largest absolute Gasteiger partial charge is 0.497 e. The number of halogens is 1. The second kappa shape index (κ2) is 14.9. The van der Waals surface area contributed by atoms with E-state index >= 15 is 0 Å². The molecule has 0 aromatic heterocycles. The van der Waals surface area contributed by atoms with Crippen LogP contribution in [0.3, 0.4) is 0 Å². The van der Waals surface area contributed by atoms with Crippen LogP contribution in [0.1, 0.15) is 39.2 Å². The number of nitrogens with zero attached hydrogens (tertiary/aromatic N) is 2. The van der Waals surface area contributed by atoms with Gasteiger partial charge in [0.15, 0.2) is 0 Å². The zero-order chi connectivity index (χ0) is 30.9. The molecule has 0 fully saturated rings. The summed E-state index contributed by atoms with van der Waals surface area (Å²) in [7, 11) is -1.29. The van der Waals surface area contributed by atoms with Crippen molar-refractivity contribution in [3.63, 3.8) is 0 Å². The Hall–Kier alpha value is -3.76. The van der Waals surface area contributed by atoms with E-state index in [1.54, 1.807) is 61.7 Å². The molecular formula is C31H38ClN3O6S. The Morgan fingerprint density at radius 2 is 1.60 bits per heavy atom. The molecule has 2 atom stereocenters. The molecule has 226 valence electrons. The summed E-state index contributed by atoms with van der Waals surface area (Å²) in [5.41, 5.74) is 0.848. The maximum absolute atomic E-state index is 14.2. The third kappa shape index (κ3) is 7.95. The molecule has 0 aliphatic heterocycles. The van der Waals surface area contributed by atoms with Crippen LogP contribution in [0.5, 0.6) is 11.5 Å². The number of sulfonamides is 1. The maximum Gasteiger partial charge on any atom is 0.264 e. The third-order valence-electron chi connectivity index (χ3n) is 6.92. The number of carbonyl (C=O) groups is 2. The van der Waals surface area contributed by atoms with Crippen LogP contribution in [0.4, 0.5) is 5.69 Å². The third-order valence-corrected chi connectivity index (χ3v) is 8.93. The summed E-state index contributed by atoms with van der Waals surface area (Å²) in [5.74, 6) is -0.0219. The molecule has 0 saturated heterocycles. The molecule has 11 heteroatoms. The molecule has 0 heterocycles. The highest BCUT2D eigenvalue weighted by atomic mass is 35.5. The lowest BCUT2D eigenvalue weighted by atomic mass is 10.1. The highest BCUT2D eigenvalue weighted by Crippen LogP contribution is 2.35. The van der Waals surface area contributed by atoms with E-state index in [0.29, 0.717) is 18.6 Å². The van der Waals surface area contributed by atoms with E-state index in [0.717, 1.165) is 9.87 Å². The van der Waals surface area contributed by atoms with Crippen molar-refractivity contribution in [1.29, 1.82) is 0 Å². The smallest absolute Gasteiger partial charge is 0.264 e. The van der Waals surface area contributed by atoms with E-state index in [4.69, 9.17) is 21.1 Å². The average Bonchev–Trinajstić information content (AvgIpc) is 3.00. The molecule has 0 unspecified atom stereocenters. The summed E-state index contributed by atoms with van der Waals surface area (Å²) in [4.78, 5) is 29.0. The van der Waals surface area contributed by atoms with Gasteiger partial charge >= 0.3 is 0 Å². The second-order valence-corrected chi connectivity index (χ2v) is 12.1. The van der Waals surface area contributed by atoms with Gasteiger partial charge in [0.1, 0.15) is 24.1 Å². The lowest BCUT2D eigenvalue weighted by Gasteiger charge is -2.34. The van der Waals surface area contributed by atoms with Crippen molar-refractivity contribution in [2.24, 2.45) is 0 Å². The van der Waals surface area contributed by atoms with Crippen molar-refractivity contribution >= 4 is 39.1 Å². The van der Waals surface area contributed by atoms with Crippen molar-refractivity contribution in [1.82, 2.24) is 10.2 Å².